The Hall–Kier alpha value is -2.34. The van der Waals surface area contributed by atoms with Crippen LogP contribution >= 0.6 is 11.8 Å². The van der Waals surface area contributed by atoms with Crippen LogP contribution in [-0.4, -0.2) is 26.9 Å². The van der Waals surface area contributed by atoms with Gasteiger partial charge < -0.3 is 5.32 Å². The highest BCUT2D eigenvalue weighted by Gasteiger charge is 2.17. The summed E-state index contributed by atoms with van der Waals surface area (Å²) in [5.41, 5.74) is 2.91. The summed E-state index contributed by atoms with van der Waals surface area (Å²) in [5, 5.41) is 8.11. The van der Waals surface area contributed by atoms with E-state index in [9.17, 15) is 4.79 Å². The molecule has 3 aromatic rings. The zero-order valence-electron chi connectivity index (χ0n) is 14.2. The number of nitrogens with one attached hydrogen (secondary N) is 1. The Bertz CT molecular complexity index is 884. The van der Waals surface area contributed by atoms with Crippen molar-refractivity contribution < 1.29 is 4.79 Å². The van der Waals surface area contributed by atoms with Crippen molar-refractivity contribution in [1.82, 2.24) is 14.8 Å². The molecule has 1 N–H and O–H groups in total. The number of aryl methyl sites for hydroxylation is 1. The zero-order chi connectivity index (χ0) is 17.3. The maximum Gasteiger partial charge on any atom is 0.256 e. The molecule has 124 valence electrons. The summed E-state index contributed by atoms with van der Waals surface area (Å²) in [4.78, 5) is 18.4. The van der Waals surface area contributed by atoms with Crippen molar-refractivity contribution in [1.29, 1.82) is 0 Å². The lowest BCUT2D eigenvalue weighted by Gasteiger charge is -2.10. The van der Waals surface area contributed by atoms with Crippen LogP contribution in [0.4, 0.5) is 5.69 Å². The molecule has 0 bridgehead atoms. The second-order valence-electron chi connectivity index (χ2n) is 5.91. The zero-order valence-corrected chi connectivity index (χ0v) is 15.0. The largest absolute Gasteiger partial charge is 0.322 e. The molecule has 0 fully saturated rings. The highest BCUT2D eigenvalue weighted by molar-refractivity contribution is 7.98. The molecule has 0 radical (unpaired) electrons. The number of anilines is 1. The highest BCUT2D eigenvalue weighted by Crippen LogP contribution is 2.23. The molecule has 0 unspecified atom stereocenters. The van der Waals surface area contributed by atoms with Gasteiger partial charge in [-0.3, -0.25) is 4.79 Å². The molecule has 0 saturated heterocycles. The van der Waals surface area contributed by atoms with E-state index in [0.717, 1.165) is 27.3 Å². The summed E-state index contributed by atoms with van der Waals surface area (Å²) in [6.45, 7) is 5.98. The lowest BCUT2D eigenvalue weighted by Crippen LogP contribution is -2.13. The van der Waals surface area contributed by atoms with Crippen LogP contribution in [0.25, 0.3) is 11.0 Å². The quantitative estimate of drug-likeness (QED) is 0.720. The molecule has 6 heteroatoms. The number of carbonyl (C=O) groups excluding carboxylic acids is 1. The number of amides is 1. The smallest absolute Gasteiger partial charge is 0.256 e. The van der Waals surface area contributed by atoms with E-state index in [1.54, 1.807) is 24.0 Å². The van der Waals surface area contributed by atoms with E-state index in [1.807, 2.05) is 56.0 Å². The van der Waals surface area contributed by atoms with E-state index in [-0.39, 0.29) is 11.9 Å². The number of nitrogens with zero attached hydrogens (tertiary/aromatic N) is 3. The van der Waals surface area contributed by atoms with E-state index >= 15 is 0 Å². The number of thioether (sulfide) groups is 1. The third-order valence-electron chi connectivity index (χ3n) is 3.78. The molecule has 2 heterocycles. The molecule has 5 nitrogen and oxygen atoms in total. The molecular formula is C18H20N4OS. The van der Waals surface area contributed by atoms with Crippen LogP contribution < -0.4 is 5.32 Å². The normalized spacial score (nSPS) is 11.2. The molecule has 24 heavy (non-hydrogen) atoms. The van der Waals surface area contributed by atoms with Crippen molar-refractivity contribution in [3.8, 4) is 0 Å². The third-order valence-corrected chi connectivity index (χ3v) is 4.52. The van der Waals surface area contributed by atoms with Gasteiger partial charge in [0.25, 0.3) is 5.91 Å². The number of aromatic nitrogens is 3. The molecule has 0 aliphatic heterocycles. The van der Waals surface area contributed by atoms with Gasteiger partial charge in [0, 0.05) is 22.3 Å². The van der Waals surface area contributed by atoms with Gasteiger partial charge in [0.2, 0.25) is 0 Å². The minimum Gasteiger partial charge on any atom is -0.322 e. The Morgan fingerprint density at radius 2 is 1.96 bits per heavy atom. The van der Waals surface area contributed by atoms with Crippen LogP contribution in [0.3, 0.4) is 0 Å². The number of hydrogen-bond acceptors (Lipinski definition) is 4. The Morgan fingerprint density at radius 3 is 2.58 bits per heavy atom. The fourth-order valence-corrected chi connectivity index (χ4v) is 2.99. The van der Waals surface area contributed by atoms with Crippen molar-refractivity contribution >= 4 is 34.4 Å². The Kier molecular flexibility index (Phi) is 4.57. The number of hydrogen-bond donors (Lipinski definition) is 1. The van der Waals surface area contributed by atoms with E-state index in [0.29, 0.717) is 5.56 Å². The fourth-order valence-electron chi connectivity index (χ4n) is 2.58. The first-order valence-electron chi connectivity index (χ1n) is 7.80. The minimum absolute atomic E-state index is 0.147. The first-order chi connectivity index (χ1) is 11.5. The first-order valence-corrected chi connectivity index (χ1v) is 9.02. The second-order valence-corrected chi connectivity index (χ2v) is 6.79. The van der Waals surface area contributed by atoms with Crippen LogP contribution in [-0.2, 0) is 0 Å². The van der Waals surface area contributed by atoms with Gasteiger partial charge in [0.15, 0.2) is 5.65 Å². The van der Waals surface area contributed by atoms with Gasteiger partial charge in [-0.1, -0.05) is 0 Å². The predicted molar refractivity (Wildman–Crippen MR) is 98.8 cm³/mol. The van der Waals surface area contributed by atoms with Crippen LogP contribution in [0.5, 0.6) is 0 Å². The molecule has 1 amide bonds. The number of rotatable bonds is 4. The Balaban J connectivity index is 1.97. The molecule has 0 atom stereocenters. The SMILES string of the molecule is CSc1ccc(NC(=O)c2cc(C)nc3c2cnn3C(C)C)cc1. The van der Waals surface area contributed by atoms with Crippen molar-refractivity contribution in [3.63, 3.8) is 0 Å². The molecular weight excluding hydrogens is 320 g/mol. The summed E-state index contributed by atoms with van der Waals surface area (Å²) >= 11 is 1.67. The number of carbonyl (C=O) groups is 1. The standard InChI is InChI=1S/C18H20N4OS/c1-11(2)22-17-16(10-19-22)15(9-12(3)20-17)18(23)21-13-5-7-14(24-4)8-6-13/h5-11H,1-4H3,(H,21,23). The van der Waals surface area contributed by atoms with E-state index in [2.05, 4.69) is 15.4 Å². The van der Waals surface area contributed by atoms with Crippen molar-refractivity contribution in [2.75, 3.05) is 11.6 Å². The van der Waals surface area contributed by atoms with E-state index in [1.165, 1.54) is 0 Å². The molecule has 1 aromatic carbocycles. The van der Waals surface area contributed by atoms with E-state index < -0.39 is 0 Å². The molecule has 0 aliphatic rings. The summed E-state index contributed by atoms with van der Waals surface area (Å²) < 4.78 is 1.84. The third kappa shape index (κ3) is 3.14. The fraction of sp³-hybridized carbons (Fsp3) is 0.278. The molecule has 3 rings (SSSR count). The van der Waals surface area contributed by atoms with Gasteiger partial charge in [-0.05, 0) is 57.4 Å². The van der Waals surface area contributed by atoms with Gasteiger partial charge >= 0.3 is 0 Å². The van der Waals surface area contributed by atoms with Crippen molar-refractivity contribution in [2.45, 2.75) is 31.7 Å². The van der Waals surface area contributed by atoms with Gasteiger partial charge in [-0.15, -0.1) is 11.8 Å². The lowest BCUT2D eigenvalue weighted by molar-refractivity contribution is 0.102. The van der Waals surface area contributed by atoms with Crippen molar-refractivity contribution in [3.05, 3.63) is 47.8 Å². The number of fused-ring (bicyclic) bond motifs is 1. The van der Waals surface area contributed by atoms with Crippen LogP contribution in [0.15, 0.2) is 41.4 Å². The van der Waals surface area contributed by atoms with Crippen LogP contribution in [0, 0.1) is 6.92 Å². The Labute approximate surface area is 145 Å². The summed E-state index contributed by atoms with van der Waals surface area (Å²) in [5.74, 6) is -0.147. The van der Waals surface area contributed by atoms with E-state index in [4.69, 9.17) is 0 Å². The second kappa shape index (κ2) is 6.65. The molecule has 0 spiro atoms. The average molecular weight is 340 g/mol. The van der Waals surface area contributed by atoms with Crippen LogP contribution in [0.1, 0.15) is 35.9 Å². The number of benzene rings is 1. The summed E-state index contributed by atoms with van der Waals surface area (Å²) in [6, 6.07) is 9.79. The van der Waals surface area contributed by atoms with Gasteiger partial charge in [-0.2, -0.15) is 5.10 Å². The topological polar surface area (TPSA) is 59.8 Å². The lowest BCUT2D eigenvalue weighted by atomic mass is 10.1. The molecule has 0 aliphatic carbocycles. The number of pyridine rings is 1. The van der Waals surface area contributed by atoms with Crippen molar-refractivity contribution in [2.24, 2.45) is 0 Å². The maximum atomic E-state index is 12.7. The van der Waals surface area contributed by atoms with Gasteiger partial charge in [-0.25, -0.2) is 9.67 Å². The minimum atomic E-state index is -0.147. The monoisotopic (exact) mass is 340 g/mol. The highest BCUT2D eigenvalue weighted by atomic mass is 32.2. The summed E-state index contributed by atoms with van der Waals surface area (Å²) in [6.07, 6.45) is 3.74. The van der Waals surface area contributed by atoms with Gasteiger partial charge in [0.1, 0.15) is 0 Å². The van der Waals surface area contributed by atoms with Gasteiger partial charge in [0.05, 0.1) is 17.1 Å². The summed E-state index contributed by atoms with van der Waals surface area (Å²) in [7, 11) is 0. The van der Waals surface area contributed by atoms with Crippen LogP contribution in [0.2, 0.25) is 0 Å². The molecule has 2 aromatic heterocycles. The predicted octanol–water partition coefficient (Wildman–Crippen LogP) is 4.29. The average Bonchev–Trinajstić information content (AvgIpc) is 2.98. The first kappa shape index (κ1) is 16.5. The maximum absolute atomic E-state index is 12.7. The molecule has 0 saturated carbocycles. The Morgan fingerprint density at radius 1 is 1.25 bits per heavy atom.